The lowest BCUT2D eigenvalue weighted by Crippen LogP contribution is -2.49. The van der Waals surface area contributed by atoms with Gasteiger partial charge in [0, 0.05) is 57.7 Å². The van der Waals surface area contributed by atoms with Crippen LogP contribution in [0.2, 0.25) is 0 Å². The smallest absolute Gasteiger partial charge is 0.255 e. The van der Waals surface area contributed by atoms with E-state index in [4.69, 9.17) is 9.72 Å². The highest BCUT2D eigenvalue weighted by Gasteiger charge is 2.24. The van der Waals surface area contributed by atoms with Crippen LogP contribution in [0.5, 0.6) is 5.88 Å². The first kappa shape index (κ1) is 19.4. The van der Waals surface area contributed by atoms with E-state index in [1.54, 1.807) is 18.3 Å². The summed E-state index contributed by atoms with van der Waals surface area (Å²) in [7, 11) is 0. The van der Waals surface area contributed by atoms with Crippen molar-refractivity contribution in [1.29, 1.82) is 0 Å². The molecule has 0 unspecified atom stereocenters. The van der Waals surface area contributed by atoms with E-state index in [2.05, 4.69) is 19.8 Å². The molecule has 4 heterocycles. The summed E-state index contributed by atoms with van der Waals surface area (Å²) in [4.78, 5) is 32.6. The van der Waals surface area contributed by atoms with Gasteiger partial charge in [-0.3, -0.25) is 4.79 Å². The summed E-state index contributed by atoms with van der Waals surface area (Å²) in [5.74, 6) is 2.32. The molecule has 1 amide bonds. The Bertz CT molecular complexity index is 814. The van der Waals surface area contributed by atoms with Gasteiger partial charge >= 0.3 is 0 Å². The fourth-order valence-corrected chi connectivity index (χ4v) is 3.82. The molecule has 2 saturated heterocycles. The second-order valence-corrected chi connectivity index (χ2v) is 7.36. The number of pyridine rings is 1. The van der Waals surface area contributed by atoms with Gasteiger partial charge in [0.2, 0.25) is 11.8 Å². The number of ether oxygens (including phenoxy) is 1. The number of carbonyl (C=O) groups is 1. The molecule has 0 N–H and O–H groups in total. The van der Waals surface area contributed by atoms with Gasteiger partial charge in [-0.2, -0.15) is 4.98 Å². The average Bonchev–Trinajstić information content (AvgIpc) is 2.80. The lowest BCUT2D eigenvalue weighted by molar-refractivity contribution is 0.0746. The van der Waals surface area contributed by atoms with Gasteiger partial charge in [0.1, 0.15) is 5.82 Å². The van der Waals surface area contributed by atoms with Crippen LogP contribution in [-0.4, -0.2) is 71.6 Å². The number of piperazine rings is 1. The predicted octanol–water partition coefficient (Wildman–Crippen LogP) is 2.22. The number of rotatable bonds is 5. The molecule has 0 aromatic carbocycles. The highest BCUT2D eigenvalue weighted by Crippen LogP contribution is 2.20. The van der Waals surface area contributed by atoms with Crippen LogP contribution in [0.4, 0.5) is 11.8 Å². The first-order valence-electron chi connectivity index (χ1n) is 10.5. The van der Waals surface area contributed by atoms with Gasteiger partial charge in [0.05, 0.1) is 12.2 Å². The fraction of sp³-hybridized carbons (Fsp3) is 0.524. The first-order valence-corrected chi connectivity index (χ1v) is 10.5. The van der Waals surface area contributed by atoms with E-state index in [0.717, 1.165) is 37.9 Å². The van der Waals surface area contributed by atoms with Gasteiger partial charge in [-0.05, 0) is 38.3 Å². The number of amides is 1. The predicted molar refractivity (Wildman–Crippen MR) is 112 cm³/mol. The topological polar surface area (TPSA) is 74.7 Å². The summed E-state index contributed by atoms with van der Waals surface area (Å²) < 4.78 is 5.34. The molecule has 2 aliphatic heterocycles. The number of anilines is 2. The Kier molecular flexibility index (Phi) is 6.07. The third-order valence-corrected chi connectivity index (χ3v) is 5.43. The molecule has 0 saturated carbocycles. The monoisotopic (exact) mass is 396 g/mol. The van der Waals surface area contributed by atoms with Crippen molar-refractivity contribution >= 4 is 17.7 Å². The summed E-state index contributed by atoms with van der Waals surface area (Å²) in [5.41, 5.74) is 0.594. The quantitative estimate of drug-likeness (QED) is 0.767. The van der Waals surface area contributed by atoms with Gasteiger partial charge in [-0.25, -0.2) is 9.97 Å². The molecular weight excluding hydrogens is 368 g/mol. The van der Waals surface area contributed by atoms with Crippen molar-refractivity contribution in [3.63, 3.8) is 0 Å². The molecule has 154 valence electrons. The van der Waals surface area contributed by atoms with E-state index in [9.17, 15) is 4.79 Å². The second-order valence-electron chi connectivity index (χ2n) is 7.36. The molecule has 0 bridgehead atoms. The molecule has 8 nitrogen and oxygen atoms in total. The highest BCUT2D eigenvalue weighted by atomic mass is 16.5. The van der Waals surface area contributed by atoms with E-state index >= 15 is 0 Å². The van der Waals surface area contributed by atoms with Crippen molar-refractivity contribution in [1.82, 2.24) is 19.9 Å². The van der Waals surface area contributed by atoms with Gasteiger partial charge in [-0.15, -0.1) is 0 Å². The molecule has 2 fully saturated rings. The lowest BCUT2D eigenvalue weighted by atomic mass is 10.1. The molecule has 29 heavy (non-hydrogen) atoms. The molecule has 0 radical (unpaired) electrons. The number of hydrogen-bond acceptors (Lipinski definition) is 7. The number of aromatic nitrogens is 3. The van der Waals surface area contributed by atoms with Gasteiger partial charge in [0.25, 0.3) is 5.91 Å². The van der Waals surface area contributed by atoms with Crippen LogP contribution < -0.4 is 14.5 Å². The first-order chi connectivity index (χ1) is 14.2. The van der Waals surface area contributed by atoms with Gasteiger partial charge in [-0.1, -0.05) is 0 Å². The molecule has 4 rings (SSSR count). The average molecular weight is 396 g/mol. The maximum absolute atomic E-state index is 12.8. The van der Waals surface area contributed by atoms with E-state index < -0.39 is 0 Å². The summed E-state index contributed by atoms with van der Waals surface area (Å²) in [6.07, 6.45) is 7.13. The minimum Gasteiger partial charge on any atom is -0.478 e. The Hall–Kier alpha value is -2.90. The van der Waals surface area contributed by atoms with Crippen LogP contribution in [0.1, 0.15) is 36.5 Å². The molecule has 0 spiro atoms. The molecule has 2 aromatic rings. The summed E-state index contributed by atoms with van der Waals surface area (Å²) in [5, 5.41) is 0. The minimum absolute atomic E-state index is 0.0110. The Balaban J connectivity index is 1.36. The fourth-order valence-electron chi connectivity index (χ4n) is 3.82. The van der Waals surface area contributed by atoms with Crippen LogP contribution in [0, 0.1) is 0 Å². The number of nitrogens with zero attached hydrogens (tertiary/aromatic N) is 6. The SMILES string of the molecule is CCOc1ccc(C(=O)N2CCN(c3ccnc(N4CCCCC4)n3)CC2)cn1. The van der Waals surface area contributed by atoms with Crippen molar-refractivity contribution in [3.8, 4) is 5.88 Å². The van der Waals surface area contributed by atoms with E-state index in [0.29, 0.717) is 31.1 Å². The number of piperidine rings is 1. The van der Waals surface area contributed by atoms with Crippen molar-refractivity contribution in [2.75, 3.05) is 55.7 Å². The Morgan fingerprint density at radius 3 is 2.45 bits per heavy atom. The second kappa shape index (κ2) is 9.07. The van der Waals surface area contributed by atoms with E-state index in [1.807, 2.05) is 24.1 Å². The van der Waals surface area contributed by atoms with Crippen molar-refractivity contribution in [3.05, 3.63) is 36.2 Å². The molecule has 2 aromatic heterocycles. The standard InChI is InChI=1S/C21H28N6O2/c1-2-29-19-7-6-17(16-23-19)20(28)26-14-12-25(13-15-26)18-8-9-22-21(24-18)27-10-4-3-5-11-27/h6-9,16H,2-5,10-15H2,1H3. The lowest BCUT2D eigenvalue weighted by Gasteiger charge is -2.36. The zero-order valence-electron chi connectivity index (χ0n) is 17.0. The van der Waals surface area contributed by atoms with E-state index in [1.165, 1.54) is 19.3 Å². The van der Waals surface area contributed by atoms with Gasteiger partial charge < -0.3 is 19.4 Å². The summed E-state index contributed by atoms with van der Waals surface area (Å²) in [6, 6.07) is 5.49. The summed E-state index contributed by atoms with van der Waals surface area (Å²) >= 11 is 0. The third kappa shape index (κ3) is 4.58. The maximum Gasteiger partial charge on any atom is 0.255 e. The van der Waals surface area contributed by atoms with Crippen molar-refractivity contribution in [2.24, 2.45) is 0 Å². The molecule has 8 heteroatoms. The van der Waals surface area contributed by atoms with Crippen LogP contribution in [0.25, 0.3) is 0 Å². The zero-order chi connectivity index (χ0) is 20.1. The van der Waals surface area contributed by atoms with Crippen LogP contribution in [0.3, 0.4) is 0 Å². The Labute approximate surface area is 171 Å². The summed E-state index contributed by atoms with van der Waals surface area (Å²) in [6.45, 7) is 7.37. The van der Waals surface area contributed by atoms with E-state index in [-0.39, 0.29) is 5.91 Å². The molecule has 0 aliphatic carbocycles. The van der Waals surface area contributed by atoms with Crippen molar-refractivity contribution < 1.29 is 9.53 Å². The van der Waals surface area contributed by atoms with Crippen LogP contribution in [0.15, 0.2) is 30.6 Å². The number of hydrogen-bond donors (Lipinski definition) is 0. The van der Waals surface area contributed by atoms with Gasteiger partial charge in [0.15, 0.2) is 0 Å². The highest BCUT2D eigenvalue weighted by molar-refractivity contribution is 5.94. The molecular formula is C21H28N6O2. The minimum atomic E-state index is 0.0110. The number of carbonyl (C=O) groups excluding carboxylic acids is 1. The zero-order valence-corrected chi connectivity index (χ0v) is 17.0. The molecule has 2 aliphatic rings. The Morgan fingerprint density at radius 2 is 1.76 bits per heavy atom. The third-order valence-electron chi connectivity index (χ3n) is 5.43. The molecule has 0 atom stereocenters. The van der Waals surface area contributed by atoms with Crippen molar-refractivity contribution in [2.45, 2.75) is 26.2 Å². The Morgan fingerprint density at radius 1 is 0.966 bits per heavy atom. The largest absolute Gasteiger partial charge is 0.478 e. The van der Waals surface area contributed by atoms with Crippen LogP contribution in [-0.2, 0) is 0 Å². The maximum atomic E-state index is 12.8. The van der Waals surface area contributed by atoms with Crippen LogP contribution >= 0.6 is 0 Å². The normalized spacial score (nSPS) is 17.3.